The van der Waals surface area contributed by atoms with Crippen LogP contribution in [0.2, 0.25) is 10.0 Å². The molecule has 0 aliphatic heterocycles. The zero-order valence-electron chi connectivity index (χ0n) is 10.4. The van der Waals surface area contributed by atoms with Gasteiger partial charge in [0, 0.05) is 12.0 Å². The molecule has 0 N–H and O–H groups in total. The van der Waals surface area contributed by atoms with Gasteiger partial charge in [0.05, 0.1) is 10.0 Å². The lowest BCUT2D eigenvalue weighted by molar-refractivity contribution is 0.424. The summed E-state index contributed by atoms with van der Waals surface area (Å²) in [5.41, 5.74) is 1.89. The Morgan fingerprint density at radius 3 is 2.50 bits per heavy atom. The molecule has 20 heavy (non-hydrogen) atoms. The third kappa shape index (κ3) is 2.84. The maximum absolute atomic E-state index is 5.98. The first-order chi connectivity index (χ1) is 9.72. The van der Waals surface area contributed by atoms with Gasteiger partial charge in [-0.3, -0.25) is 0 Å². The Kier molecular flexibility index (Phi) is 3.72. The van der Waals surface area contributed by atoms with Crippen LogP contribution in [-0.4, -0.2) is 10.1 Å². The first-order valence-corrected chi connectivity index (χ1v) is 6.80. The van der Waals surface area contributed by atoms with Crippen LogP contribution in [0, 0.1) is 0 Å². The molecule has 0 spiro atoms. The minimum atomic E-state index is 0.515. The molecule has 3 nitrogen and oxygen atoms in total. The average molecular weight is 305 g/mol. The summed E-state index contributed by atoms with van der Waals surface area (Å²) in [4.78, 5) is 4.37. The topological polar surface area (TPSA) is 38.9 Å². The van der Waals surface area contributed by atoms with Crippen molar-refractivity contribution in [2.45, 2.75) is 6.42 Å². The molecule has 1 aromatic heterocycles. The molecule has 100 valence electrons. The summed E-state index contributed by atoms with van der Waals surface area (Å²) in [7, 11) is 0. The van der Waals surface area contributed by atoms with Gasteiger partial charge in [-0.1, -0.05) is 52.6 Å². The smallest absolute Gasteiger partial charge is 0.257 e. The fraction of sp³-hybridized carbons (Fsp3) is 0.0667. The van der Waals surface area contributed by atoms with Gasteiger partial charge in [-0.15, -0.1) is 0 Å². The molecule has 2 aromatic carbocycles. The van der Waals surface area contributed by atoms with Crippen molar-refractivity contribution in [2.75, 3.05) is 0 Å². The Labute approximate surface area is 126 Å². The van der Waals surface area contributed by atoms with Crippen molar-refractivity contribution in [1.29, 1.82) is 0 Å². The lowest BCUT2D eigenvalue weighted by atomic mass is 10.1. The predicted molar refractivity (Wildman–Crippen MR) is 79.0 cm³/mol. The van der Waals surface area contributed by atoms with E-state index in [1.807, 2.05) is 42.5 Å². The Hall–Kier alpha value is -1.84. The van der Waals surface area contributed by atoms with Crippen molar-refractivity contribution in [2.24, 2.45) is 0 Å². The van der Waals surface area contributed by atoms with Crippen LogP contribution in [0.5, 0.6) is 0 Å². The molecule has 5 heteroatoms. The zero-order chi connectivity index (χ0) is 13.9. The molecule has 0 amide bonds. The largest absolute Gasteiger partial charge is 0.334 e. The summed E-state index contributed by atoms with van der Waals surface area (Å²) in [5, 5.41) is 5.04. The van der Waals surface area contributed by atoms with Gasteiger partial charge in [-0.2, -0.15) is 4.98 Å². The minimum absolute atomic E-state index is 0.515. The van der Waals surface area contributed by atoms with Crippen molar-refractivity contribution in [1.82, 2.24) is 10.1 Å². The summed E-state index contributed by atoms with van der Waals surface area (Å²) in [6.45, 7) is 0. The molecule has 1 heterocycles. The Bertz CT molecular complexity index is 726. The Morgan fingerprint density at radius 2 is 1.75 bits per heavy atom. The van der Waals surface area contributed by atoms with Gasteiger partial charge < -0.3 is 4.52 Å². The van der Waals surface area contributed by atoms with Crippen LogP contribution in [0.1, 0.15) is 11.4 Å². The molecule has 0 unspecified atom stereocenters. The quantitative estimate of drug-likeness (QED) is 0.708. The van der Waals surface area contributed by atoms with E-state index in [1.165, 1.54) is 0 Å². The Balaban J connectivity index is 1.82. The molecule has 0 saturated heterocycles. The third-order valence-corrected chi connectivity index (χ3v) is 3.57. The molecular weight excluding hydrogens is 295 g/mol. The van der Waals surface area contributed by atoms with Crippen LogP contribution in [0.15, 0.2) is 53.1 Å². The molecule has 0 fully saturated rings. The highest BCUT2D eigenvalue weighted by Crippen LogP contribution is 2.24. The first-order valence-electron chi connectivity index (χ1n) is 6.04. The van der Waals surface area contributed by atoms with E-state index < -0.39 is 0 Å². The summed E-state index contributed by atoms with van der Waals surface area (Å²) >= 11 is 11.9. The number of hydrogen-bond donors (Lipinski definition) is 0. The monoisotopic (exact) mass is 304 g/mol. The fourth-order valence-electron chi connectivity index (χ4n) is 1.86. The standard InChI is InChI=1S/C15H10Cl2N2O/c16-12-7-6-10(8-13(12)17)9-14-18-15(20-19-14)11-4-2-1-3-5-11/h1-8H,9H2. The molecule has 0 aliphatic carbocycles. The van der Waals surface area contributed by atoms with Gasteiger partial charge in [-0.25, -0.2) is 0 Å². The maximum atomic E-state index is 5.98. The second-order valence-corrected chi connectivity index (χ2v) is 5.12. The number of benzene rings is 2. The van der Waals surface area contributed by atoms with Crippen LogP contribution in [0.25, 0.3) is 11.5 Å². The molecule has 3 rings (SSSR count). The van der Waals surface area contributed by atoms with Crippen molar-refractivity contribution >= 4 is 23.2 Å². The number of hydrogen-bond acceptors (Lipinski definition) is 3. The normalized spacial score (nSPS) is 10.7. The van der Waals surface area contributed by atoms with E-state index in [9.17, 15) is 0 Å². The number of aromatic nitrogens is 2. The van der Waals surface area contributed by atoms with Gasteiger partial charge >= 0.3 is 0 Å². The van der Waals surface area contributed by atoms with Crippen LogP contribution >= 0.6 is 23.2 Å². The van der Waals surface area contributed by atoms with Crippen molar-refractivity contribution in [3.05, 3.63) is 70.0 Å². The van der Waals surface area contributed by atoms with E-state index in [-0.39, 0.29) is 0 Å². The highest BCUT2D eigenvalue weighted by atomic mass is 35.5. The van der Waals surface area contributed by atoms with Gasteiger partial charge in [0.2, 0.25) is 0 Å². The number of halogens is 2. The second kappa shape index (κ2) is 5.65. The lowest BCUT2D eigenvalue weighted by Crippen LogP contribution is -1.91. The van der Waals surface area contributed by atoms with Crippen molar-refractivity contribution in [3.8, 4) is 11.5 Å². The third-order valence-electron chi connectivity index (χ3n) is 2.84. The van der Waals surface area contributed by atoms with E-state index in [4.69, 9.17) is 27.7 Å². The lowest BCUT2D eigenvalue weighted by Gasteiger charge is -1.99. The predicted octanol–water partition coefficient (Wildman–Crippen LogP) is 4.63. The van der Waals surface area contributed by atoms with Crippen LogP contribution in [0.3, 0.4) is 0 Å². The van der Waals surface area contributed by atoms with Gasteiger partial charge in [0.25, 0.3) is 5.89 Å². The first kappa shape index (κ1) is 13.2. The highest BCUT2D eigenvalue weighted by molar-refractivity contribution is 6.42. The van der Waals surface area contributed by atoms with Gasteiger partial charge in [0.15, 0.2) is 5.82 Å². The second-order valence-electron chi connectivity index (χ2n) is 4.31. The van der Waals surface area contributed by atoms with E-state index in [0.717, 1.165) is 11.1 Å². The van der Waals surface area contributed by atoms with Crippen LogP contribution in [-0.2, 0) is 6.42 Å². The summed E-state index contributed by atoms with van der Waals surface area (Å²) in [6.07, 6.45) is 0.549. The molecule has 0 aliphatic rings. The Morgan fingerprint density at radius 1 is 0.950 bits per heavy atom. The van der Waals surface area contributed by atoms with E-state index >= 15 is 0 Å². The molecule has 0 saturated carbocycles. The molecule has 0 atom stereocenters. The molecule has 0 radical (unpaired) electrons. The molecule has 0 bridgehead atoms. The van der Waals surface area contributed by atoms with Crippen molar-refractivity contribution in [3.63, 3.8) is 0 Å². The van der Waals surface area contributed by atoms with E-state index in [2.05, 4.69) is 10.1 Å². The number of nitrogens with zero attached hydrogens (tertiary/aromatic N) is 2. The highest BCUT2D eigenvalue weighted by Gasteiger charge is 2.09. The zero-order valence-corrected chi connectivity index (χ0v) is 11.9. The van der Waals surface area contributed by atoms with Crippen LogP contribution in [0.4, 0.5) is 0 Å². The number of rotatable bonds is 3. The van der Waals surface area contributed by atoms with E-state index in [0.29, 0.717) is 28.2 Å². The molecule has 3 aromatic rings. The summed E-state index contributed by atoms with van der Waals surface area (Å²) < 4.78 is 5.26. The van der Waals surface area contributed by atoms with Gasteiger partial charge in [0.1, 0.15) is 0 Å². The van der Waals surface area contributed by atoms with Crippen LogP contribution < -0.4 is 0 Å². The summed E-state index contributed by atoms with van der Waals surface area (Å²) in [6, 6.07) is 15.1. The fourth-order valence-corrected chi connectivity index (χ4v) is 2.18. The van der Waals surface area contributed by atoms with Gasteiger partial charge in [-0.05, 0) is 29.8 Å². The van der Waals surface area contributed by atoms with E-state index in [1.54, 1.807) is 6.07 Å². The maximum Gasteiger partial charge on any atom is 0.257 e. The summed E-state index contributed by atoms with van der Waals surface area (Å²) in [5.74, 6) is 1.13. The SMILES string of the molecule is Clc1ccc(Cc2noc(-c3ccccc3)n2)cc1Cl. The average Bonchev–Trinajstić information content (AvgIpc) is 2.92. The van der Waals surface area contributed by atoms with Crippen molar-refractivity contribution < 1.29 is 4.52 Å². The minimum Gasteiger partial charge on any atom is -0.334 e. The molecular formula is C15H10Cl2N2O.